The van der Waals surface area contributed by atoms with Crippen molar-refractivity contribution in [1.82, 2.24) is 10.6 Å². The zero-order valence-electron chi connectivity index (χ0n) is 6.77. The molecule has 0 saturated carbocycles. The van der Waals surface area contributed by atoms with E-state index in [0.29, 0.717) is 6.04 Å². The first-order chi connectivity index (χ1) is 4.93. The summed E-state index contributed by atoms with van der Waals surface area (Å²) < 4.78 is 0. The third kappa shape index (κ3) is 2.67. The summed E-state index contributed by atoms with van der Waals surface area (Å²) in [6.07, 6.45) is 3.84. The fraction of sp³-hybridized carbons (Fsp3) is 1.00. The molecular formula is C8H17N2. The van der Waals surface area contributed by atoms with Gasteiger partial charge in [-0.1, -0.05) is 6.92 Å². The van der Waals surface area contributed by atoms with E-state index in [0.717, 1.165) is 19.6 Å². The maximum Gasteiger partial charge on any atom is 0.0371 e. The van der Waals surface area contributed by atoms with Crippen molar-refractivity contribution in [2.45, 2.75) is 32.2 Å². The van der Waals surface area contributed by atoms with E-state index in [1.165, 1.54) is 19.3 Å². The van der Waals surface area contributed by atoms with Gasteiger partial charge in [0.2, 0.25) is 0 Å². The van der Waals surface area contributed by atoms with Gasteiger partial charge in [0.05, 0.1) is 0 Å². The van der Waals surface area contributed by atoms with Crippen molar-refractivity contribution in [3.05, 3.63) is 0 Å². The second-order valence-electron chi connectivity index (χ2n) is 2.91. The van der Waals surface area contributed by atoms with E-state index >= 15 is 0 Å². The number of nitrogens with zero attached hydrogens (tertiary/aromatic N) is 1. The Balaban J connectivity index is 1.91. The minimum absolute atomic E-state index is 0.631. The summed E-state index contributed by atoms with van der Waals surface area (Å²) in [7, 11) is 0. The molecule has 0 aromatic carbocycles. The highest BCUT2D eigenvalue weighted by Crippen LogP contribution is 2.04. The van der Waals surface area contributed by atoms with Gasteiger partial charge in [0.1, 0.15) is 0 Å². The van der Waals surface area contributed by atoms with Gasteiger partial charge in [-0.2, -0.15) is 0 Å². The Morgan fingerprint density at radius 1 is 1.60 bits per heavy atom. The predicted molar refractivity (Wildman–Crippen MR) is 43.2 cm³/mol. The lowest BCUT2D eigenvalue weighted by Crippen LogP contribution is -2.30. The molecular weight excluding hydrogens is 124 g/mol. The van der Waals surface area contributed by atoms with E-state index in [2.05, 4.69) is 17.6 Å². The molecule has 2 nitrogen and oxygen atoms in total. The average Bonchev–Trinajstić information content (AvgIpc) is 2.41. The first-order valence-electron chi connectivity index (χ1n) is 4.31. The van der Waals surface area contributed by atoms with Gasteiger partial charge < -0.3 is 5.32 Å². The Bertz CT molecular complexity index is 77.3. The maximum absolute atomic E-state index is 4.44. The van der Waals surface area contributed by atoms with Crippen LogP contribution in [0.5, 0.6) is 0 Å². The molecule has 0 amide bonds. The van der Waals surface area contributed by atoms with Crippen LogP contribution in [0, 0.1) is 0 Å². The lowest BCUT2D eigenvalue weighted by atomic mass is 10.2. The molecule has 1 atom stereocenters. The molecule has 0 spiro atoms. The third-order valence-electron chi connectivity index (χ3n) is 1.89. The van der Waals surface area contributed by atoms with E-state index in [1.54, 1.807) is 0 Å². The summed E-state index contributed by atoms with van der Waals surface area (Å²) in [5.74, 6) is 0. The number of hydrogen-bond donors (Lipinski definition) is 1. The van der Waals surface area contributed by atoms with Crippen LogP contribution in [0.3, 0.4) is 0 Å². The molecule has 0 aliphatic carbocycles. The van der Waals surface area contributed by atoms with E-state index < -0.39 is 0 Å². The van der Waals surface area contributed by atoms with Crippen LogP contribution in [0.15, 0.2) is 0 Å². The highest BCUT2D eigenvalue weighted by Gasteiger charge is 2.13. The number of hydrogen-bond acceptors (Lipinski definition) is 1. The van der Waals surface area contributed by atoms with E-state index in [-0.39, 0.29) is 0 Å². The molecule has 1 radical (unpaired) electrons. The fourth-order valence-electron chi connectivity index (χ4n) is 1.30. The van der Waals surface area contributed by atoms with Crippen LogP contribution >= 0.6 is 0 Å². The summed E-state index contributed by atoms with van der Waals surface area (Å²) >= 11 is 0. The van der Waals surface area contributed by atoms with E-state index in [1.807, 2.05) is 0 Å². The van der Waals surface area contributed by atoms with Crippen molar-refractivity contribution in [1.29, 1.82) is 0 Å². The molecule has 1 rings (SSSR count). The highest BCUT2D eigenvalue weighted by atomic mass is 15.0. The average molecular weight is 141 g/mol. The van der Waals surface area contributed by atoms with Crippen LogP contribution in [0.1, 0.15) is 26.2 Å². The van der Waals surface area contributed by atoms with Crippen LogP contribution in [-0.2, 0) is 0 Å². The van der Waals surface area contributed by atoms with Gasteiger partial charge in [0.25, 0.3) is 0 Å². The van der Waals surface area contributed by atoms with Gasteiger partial charge in [0.15, 0.2) is 0 Å². The topological polar surface area (TPSA) is 26.1 Å². The van der Waals surface area contributed by atoms with Crippen molar-refractivity contribution in [3.63, 3.8) is 0 Å². The molecule has 1 fully saturated rings. The molecule has 0 bridgehead atoms. The molecule has 10 heavy (non-hydrogen) atoms. The zero-order valence-corrected chi connectivity index (χ0v) is 6.77. The quantitative estimate of drug-likeness (QED) is 0.574. The fourth-order valence-corrected chi connectivity index (χ4v) is 1.30. The van der Waals surface area contributed by atoms with Gasteiger partial charge in [0, 0.05) is 19.1 Å². The van der Waals surface area contributed by atoms with Crippen molar-refractivity contribution < 1.29 is 0 Å². The normalized spacial score (nSPS) is 25.5. The number of nitrogens with one attached hydrogen (secondary N) is 1. The Kier molecular flexibility index (Phi) is 3.76. The molecule has 1 unspecified atom stereocenters. The molecule has 1 aliphatic heterocycles. The van der Waals surface area contributed by atoms with Gasteiger partial charge >= 0.3 is 0 Å². The summed E-state index contributed by atoms with van der Waals surface area (Å²) in [5.41, 5.74) is 0. The molecule has 59 valence electrons. The van der Waals surface area contributed by atoms with E-state index in [4.69, 9.17) is 0 Å². The smallest absolute Gasteiger partial charge is 0.0371 e. The minimum atomic E-state index is 0.631. The summed E-state index contributed by atoms with van der Waals surface area (Å²) in [4.78, 5) is 0. The minimum Gasteiger partial charge on any atom is -0.315 e. The van der Waals surface area contributed by atoms with E-state index in [9.17, 15) is 0 Å². The molecule has 0 aromatic heterocycles. The van der Waals surface area contributed by atoms with Gasteiger partial charge in [-0.05, 0) is 25.8 Å². The third-order valence-corrected chi connectivity index (χ3v) is 1.89. The standard InChI is InChI=1S/C8H17N2/c1-2-5-9-7-8-4-3-6-10-8/h8-9H,2-7H2,1H3. The Morgan fingerprint density at radius 2 is 2.50 bits per heavy atom. The molecule has 0 aromatic rings. The largest absolute Gasteiger partial charge is 0.315 e. The maximum atomic E-state index is 4.44. The number of rotatable bonds is 4. The highest BCUT2D eigenvalue weighted by molar-refractivity contribution is 4.75. The Morgan fingerprint density at radius 3 is 3.10 bits per heavy atom. The Labute approximate surface area is 63.4 Å². The zero-order chi connectivity index (χ0) is 7.23. The second-order valence-corrected chi connectivity index (χ2v) is 2.91. The van der Waals surface area contributed by atoms with Crippen molar-refractivity contribution in [2.75, 3.05) is 19.6 Å². The lowest BCUT2D eigenvalue weighted by molar-refractivity contribution is 0.528. The van der Waals surface area contributed by atoms with Crippen LogP contribution < -0.4 is 10.6 Å². The van der Waals surface area contributed by atoms with Gasteiger partial charge in [-0.3, -0.25) is 0 Å². The van der Waals surface area contributed by atoms with Crippen molar-refractivity contribution >= 4 is 0 Å². The van der Waals surface area contributed by atoms with Gasteiger partial charge in [-0.25, -0.2) is 5.32 Å². The van der Waals surface area contributed by atoms with Gasteiger partial charge in [-0.15, -0.1) is 0 Å². The predicted octanol–water partition coefficient (Wildman–Crippen LogP) is 0.753. The van der Waals surface area contributed by atoms with Crippen molar-refractivity contribution in [2.24, 2.45) is 0 Å². The molecule has 1 heterocycles. The molecule has 1 saturated heterocycles. The SMILES string of the molecule is CCCNCC1CCC[N]1. The van der Waals surface area contributed by atoms with Crippen molar-refractivity contribution in [3.8, 4) is 0 Å². The van der Waals surface area contributed by atoms with Crippen LogP contribution in [0.2, 0.25) is 0 Å². The first-order valence-corrected chi connectivity index (χ1v) is 4.31. The Hall–Kier alpha value is -0.0800. The molecule has 1 aliphatic rings. The summed E-state index contributed by atoms with van der Waals surface area (Å²) in [6, 6.07) is 0.631. The van der Waals surface area contributed by atoms with Crippen LogP contribution in [0.25, 0.3) is 0 Å². The molecule has 2 heteroatoms. The summed E-state index contributed by atoms with van der Waals surface area (Å²) in [6.45, 7) is 5.54. The monoisotopic (exact) mass is 141 g/mol. The molecule has 1 N–H and O–H groups in total. The first kappa shape index (κ1) is 8.02. The summed E-state index contributed by atoms with van der Waals surface area (Å²) in [5, 5.41) is 7.83. The van der Waals surface area contributed by atoms with Crippen LogP contribution in [0.4, 0.5) is 0 Å². The van der Waals surface area contributed by atoms with Crippen LogP contribution in [-0.4, -0.2) is 25.7 Å². The lowest BCUT2D eigenvalue weighted by Gasteiger charge is -2.08. The second kappa shape index (κ2) is 4.69.